The fourth-order valence-electron chi connectivity index (χ4n) is 1.94. The number of ether oxygens (including phenoxy) is 1. The van der Waals surface area contributed by atoms with E-state index in [1.54, 1.807) is 24.4 Å². The van der Waals surface area contributed by atoms with Crippen LogP contribution in [0.15, 0.2) is 58.9 Å². The molecule has 0 spiro atoms. The van der Waals surface area contributed by atoms with E-state index in [-0.39, 0.29) is 17.4 Å². The van der Waals surface area contributed by atoms with Gasteiger partial charge < -0.3 is 4.74 Å². The highest BCUT2D eigenvalue weighted by molar-refractivity contribution is 7.91. The maximum absolute atomic E-state index is 12.2. The number of rotatable bonds is 7. The van der Waals surface area contributed by atoms with Gasteiger partial charge in [-0.2, -0.15) is 5.10 Å². The van der Waals surface area contributed by atoms with Gasteiger partial charge in [-0.25, -0.2) is 13.1 Å². The van der Waals surface area contributed by atoms with Crippen LogP contribution in [0.5, 0.6) is 5.75 Å². The molecule has 0 aliphatic rings. The number of thiophene rings is 1. The number of nitrogens with zero attached hydrogens (tertiary/aromatic N) is 1. The Morgan fingerprint density at radius 3 is 2.70 bits per heavy atom. The average molecular weight is 349 g/mol. The number of nitrogens with one attached hydrogen (secondary N) is 2. The highest BCUT2D eigenvalue weighted by atomic mass is 32.2. The maximum Gasteiger partial charge on any atom is 0.250 e. The third-order valence-corrected chi connectivity index (χ3v) is 6.09. The predicted octanol–water partition coefficient (Wildman–Crippen LogP) is 2.50. The second-order valence-corrected chi connectivity index (χ2v) is 7.73. The molecule has 0 saturated heterocycles. The van der Waals surface area contributed by atoms with E-state index >= 15 is 0 Å². The van der Waals surface area contributed by atoms with E-state index in [1.807, 2.05) is 30.3 Å². The Morgan fingerprint density at radius 2 is 1.96 bits per heavy atom. The first-order chi connectivity index (χ1) is 11.1. The molecule has 0 unspecified atom stereocenters. The molecule has 2 aromatic heterocycles. The van der Waals surface area contributed by atoms with E-state index in [4.69, 9.17) is 4.74 Å². The van der Waals surface area contributed by atoms with Gasteiger partial charge >= 0.3 is 0 Å². The fourth-order valence-corrected chi connectivity index (χ4v) is 4.27. The first kappa shape index (κ1) is 15.7. The van der Waals surface area contributed by atoms with Crippen molar-refractivity contribution >= 4 is 21.4 Å². The van der Waals surface area contributed by atoms with Gasteiger partial charge in [0.1, 0.15) is 16.6 Å². The number of aromatic nitrogens is 2. The average Bonchev–Trinajstić information content (AvgIpc) is 3.23. The molecule has 0 aliphatic carbocycles. The van der Waals surface area contributed by atoms with Gasteiger partial charge in [-0.05, 0) is 30.3 Å². The van der Waals surface area contributed by atoms with E-state index in [0.29, 0.717) is 5.75 Å². The van der Waals surface area contributed by atoms with Crippen LogP contribution in [-0.2, 0) is 10.0 Å². The summed E-state index contributed by atoms with van der Waals surface area (Å²) in [6.07, 6.45) is 1.63. The molecular weight excluding hydrogens is 334 g/mol. The highest BCUT2D eigenvalue weighted by Gasteiger charge is 2.17. The van der Waals surface area contributed by atoms with Gasteiger partial charge in [0, 0.05) is 12.7 Å². The third-order valence-electron chi connectivity index (χ3n) is 3.02. The molecule has 6 nitrogen and oxygen atoms in total. The van der Waals surface area contributed by atoms with Crippen LogP contribution < -0.4 is 9.46 Å². The number of sulfonamides is 1. The zero-order valence-electron chi connectivity index (χ0n) is 12.1. The molecular formula is C15H15N3O3S2. The van der Waals surface area contributed by atoms with Gasteiger partial charge in [0.05, 0.1) is 10.6 Å². The largest absolute Gasteiger partial charge is 0.492 e. The normalized spacial score (nSPS) is 11.5. The zero-order chi connectivity index (χ0) is 16.1. The first-order valence-corrected chi connectivity index (χ1v) is 9.22. The Bertz CT molecular complexity index is 843. The lowest BCUT2D eigenvalue weighted by molar-refractivity contribution is 0.323. The van der Waals surface area contributed by atoms with Gasteiger partial charge in [0.2, 0.25) is 10.0 Å². The Labute approximate surface area is 138 Å². The quantitative estimate of drug-likeness (QED) is 0.642. The molecule has 120 valence electrons. The molecule has 0 amide bonds. The minimum Gasteiger partial charge on any atom is -0.492 e. The SMILES string of the molecule is O=S(=O)(NCCOc1ccccc1)c1ccc(-c2ccn[nH]2)s1. The summed E-state index contributed by atoms with van der Waals surface area (Å²) in [7, 11) is -3.53. The second-order valence-electron chi connectivity index (χ2n) is 4.65. The van der Waals surface area contributed by atoms with Crippen molar-refractivity contribution < 1.29 is 13.2 Å². The molecule has 0 fully saturated rings. The summed E-state index contributed by atoms with van der Waals surface area (Å²) in [4.78, 5) is 0.823. The number of H-pyrrole nitrogens is 1. The van der Waals surface area contributed by atoms with Crippen molar-refractivity contribution in [2.45, 2.75) is 4.21 Å². The number of para-hydroxylation sites is 1. The van der Waals surface area contributed by atoms with Crippen molar-refractivity contribution in [3.8, 4) is 16.3 Å². The molecule has 23 heavy (non-hydrogen) atoms. The first-order valence-electron chi connectivity index (χ1n) is 6.92. The number of hydrogen-bond donors (Lipinski definition) is 2. The number of benzene rings is 1. The molecule has 0 radical (unpaired) electrons. The van der Waals surface area contributed by atoms with Crippen molar-refractivity contribution in [1.82, 2.24) is 14.9 Å². The van der Waals surface area contributed by atoms with Crippen LogP contribution >= 0.6 is 11.3 Å². The number of aromatic amines is 1. The van der Waals surface area contributed by atoms with Crippen molar-refractivity contribution in [1.29, 1.82) is 0 Å². The summed E-state index contributed by atoms with van der Waals surface area (Å²) in [5.41, 5.74) is 0.795. The lowest BCUT2D eigenvalue weighted by atomic mass is 10.3. The van der Waals surface area contributed by atoms with Crippen molar-refractivity contribution in [3.05, 3.63) is 54.7 Å². The van der Waals surface area contributed by atoms with E-state index in [2.05, 4.69) is 14.9 Å². The Kier molecular flexibility index (Phi) is 4.75. The van der Waals surface area contributed by atoms with Crippen LogP contribution in [0.3, 0.4) is 0 Å². The van der Waals surface area contributed by atoms with Crippen LogP contribution in [0, 0.1) is 0 Å². The summed E-state index contributed by atoms with van der Waals surface area (Å²) >= 11 is 1.19. The second kappa shape index (κ2) is 6.95. The van der Waals surface area contributed by atoms with Crippen molar-refractivity contribution in [3.63, 3.8) is 0 Å². The Morgan fingerprint density at radius 1 is 1.13 bits per heavy atom. The Hall–Kier alpha value is -2.16. The Balaban J connectivity index is 1.57. The molecule has 0 aliphatic heterocycles. The summed E-state index contributed by atoms with van der Waals surface area (Å²) in [6, 6.07) is 14.4. The van der Waals surface area contributed by atoms with Gasteiger partial charge in [0.15, 0.2) is 0 Å². The van der Waals surface area contributed by atoms with Crippen LogP contribution in [0.25, 0.3) is 10.6 Å². The molecule has 2 N–H and O–H groups in total. The summed E-state index contributed by atoms with van der Waals surface area (Å²) < 4.78 is 32.8. The minimum absolute atomic E-state index is 0.203. The fraction of sp³-hybridized carbons (Fsp3) is 0.133. The predicted molar refractivity (Wildman–Crippen MR) is 89.0 cm³/mol. The summed E-state index contributed by atoms with van der Waals surface area (Å²) in [5, 5.41) is 6.67. The van der Waals surface area contributed by atoms with E-state index in [9.17, 15) is 8.42 Å². The van der Waals surface area contributed by atoms with Crippen LogP contribution in [0.4, 0.5) is 0 Å². The van der Waals surface area contributed by atoms with Crippen LogP contribution in [0.2, 0.25) is 0 Å². The van der Waals surface area contributed by atoms with Crippen molar-refractivity contribution in [2.75, 3.05) is 13.2 Å². The summed E-state index contributed by atoms with van der Waals surface area (Å²) in [5.74, 6) is 0.712. The molecule has 3 aromatic rings. The van der Waals surface area contributed by atoms with Crippen LogP contribution in [-0.4, -0.2) is 31.8 Å². The molecule has 3 rings (SSSR count). The maximum atomic E-state index is 12.2. The third kappa shape index (κ3) is 3.98. The standard InChI is InChI=1S/C15H15N3O3S2/c19-23(20,17-10-11-21-12-4-2-1-3-5-12)15-7-6-14(22-15)13-8-9-16-18-13/h1-9,17H,10-11H2,(H,16,18). The van der Waals surface area contributed by atoms with Gasteiger partial charge in [0.25, 0.3) is 0 Å². The zero-order valence-corrected chi connectivity index (χ0v) is 13.7. The topological polar surface area (TPSA) is 84.1 Å². The lowest BCUT2D eigenvalue weighted by Crippen LogP contribution is -2.27. The molecule has 0 atom stereocenters. The smallest absolute Gasteiger partial charge is 0.250 e. The molecule has 8 heteroatoms. The van der Waals surface area contributed by atoms with Crippen molar-refractivity contribution in [2.24, 2.45) is 0 Å². The summed E-state index contributed by atoms with van der Waals surface area (Å²) in [6.45, 7) is 0.469. The monoisotopic (exact) mass is 349 g/mol. The van der Waals surface area contributed by atoms with E-state index < -0.39 is 10.0 Å². The lowest BCUT2D eigenvalue weighted by Gasteiger charge is -2.07. The van der Waals surface area contributed by atoms with Gasteiger partial charge in [-0.3, -0.25) is 5.10 Å². The molecule has 2 heterocycles. The van der Waals surface area contributed by atoms with Gasteiger partial charge in [-0.1, -0.05) is 18.2 Å². The van der Waals surface area contributed by atoms with Gasteiger partial charge in [-0.15, -0.1) is 11.3 Å². The molecule has 0 saturated carbocycles. The van der Waals surface area contributed by atoms with Crippen LogP contribution in [0.1, 0.15) is 0 Å². The van der Waals surface area contributed by atoms with E-state index in [1.165, 1.54) is 11.3 Å². The minimum atomic E-state index is -3.53. The van der Waals surface area contributed by atoms with E-state index in [0.717, 1.165) is 10.6 Å². The molecule has 1 aromatic carbocycles. The highest BCUT2D eigenvalue weighted by Crippen LogP contribution is 2.28. The molecule has 0 bridgehead atoms. The number of hydrogen-bond acceptors (Lipinski definition) is 5.